The number of carbonyl (C=O) groups excluding carboxylic acids is 1. The van der Waals surface area contributed by atoms with Crippen LogP contribution in [0.4, 0.5) is 4.79 Å². The maximum absolute atomic E-state index is 11.5. The summed E-state index contributed by atoms with van der Waals surface area (Å²) in [6.07, 6.45) is 10.2. The van der Waals surface area contributed by atoms with Crippen LogP contribution in [0, 0.1) is 5.92 Å². The van der Waals surface area contributed by atoms with Crippen molar-refractivity contribution in [3.05, 3.63) is 0 Å². The third kappa shape index (κ3) is 8.77. The number of carbonyl (C=O) groups is 2. The molecule has 5 heteroatoms. The van der Waals surface area contributed by atoms with Crippen molar-refractivity contribution in [1.29, 1.82) is 0 Å². The van der Waals surface area contributed by atoms with Gasteiger partial charge in [-0.15, -0.1) is 0 Å². The van der Waals surface area contributed by atoms with Crippen LogP contribution in [0.25, 0.3) is 0 Å². The topological polar surface area (TPSA) is 78.4 Å². The highest BCUT2D eigenvalue weighted by Crippen LogP contribution is 2.26. The Morgan fingerprint density at radius 3 is 2.30 bits per heavy atom. The molecule has 0 aromatic heterocycles. The normalized spacial score (nSPS) is 15.2. The standard InChI is InChI=1S/C15H28N2O3/c18-14(19)9-3-1-2-6-11-16-15(20)17-12-10-13-7-4-5-8-13/h13H,1-12H2,(H,18,19)(H2,16,17,20). The number of unbranched alkanes of at least 4 members (excludes halogenated alkanes) is 3. The molecule has 3 N–H and O–H groups in total. The lowest BCUT2D eigenvalue weighted by molar-refractivity contribution is -0.137. The Balaban J connectivity index is 1.83. The van der Waals surface area contributed by atoms with Crippen LogP contribution in [-0.2, 0) is 4.79 Å². The zero-order valence-corrected chi connectivity index (χ0v) is 12.3. The van der Waals surface area contributed by atoms with Crippen LogP contribution < -0.4 is 10.6 Å². The van der Waals surface area contributed by atoms with Crippen molar-refractivity contribution in [1.82, 2.24) is 10.6 Å². The quantitative estimate of drug-likeness (QED) is 0.540. The molecule has 0 saturated heterocycles. The highest BCUT2D eigenvalue weighted by atomic mass is 16.4. The summed E-state index contributed by atoms with van der Waals surface area (Å²) in [5, 5.41) is 14.2. The highest BCUT2D eigenvalue weighted by Gasteiger charge is 2.14. The lowest BCUT2D eigenvalue weighted by atomic mass is 10.0. The first kappa shape index (κ1) is 16.8. The van der Waals surface area contributed by atoms with Crippen LogP contribution in [0.1, 0.15) is 64.2 Å². The van der Waals surface area contributed by atoms with E-state index >= 15 is 0 Å². The first-order valence-corrected chi connectivity index (χ1v) is 7.92. The Bertz CT molecular complexity index is 289. The number of urea groups is 1. The summed E-state index contributed by atoms with van der Waals surface area (Å²) in [5.41, 5.74) is 0. The van der Waals surface area contributed by atoms with Crippen LogP contribution in [0.3, 0.4) is 0 Å². The Morgan fingerprint density at radius 1 is 0.950 bits per heavy atom. The molecule has 0 heterocycles. The molecule has 0 aromatic rings. The van der Waals surface area contributed by atoms with Crippen LogP contribution in [-0.4, -0.2) is 30.2 Å². The molecule has 1 fully saturated rings. The third-order valence-corrected chi connectivity index (χ3v) is 3.92. The summed E-state index contributed by atoms with van der Waals surface area (Å²) in [7, 11) is 0. The lowest BCUT2D eigenvalue weighted by Gasteiger charge is -2.10. The number of carboxylic acids is 1. The molecule has 0 aliphatic heterocycles. The summed E-state index contributed by atoms with van der Waals surface area (Å²) in [6, 6.07) is -0.0754. The van der Waals surface area contributed by atoms with Gasteiger partial charge in [-0.25, -0.2) is 4.79 Å². The van der Waals surface area contributed by atoms with Gasteiger partial charge in [-0.3, -0.25) is 4.79 Å². The van der Waals surface area contributed by atoms with Gasteiger partial charge in [0.25, 0.3) is 0 Å². The fraction of sp³-hybridized carbons (Fsp3) is 0.867. The molecule has 0 spiro atoms. The summed E-state index contributed by atoms with van der Waals surface area (Å²) in [5.74, 6) is 0.0781. The molecule has 0 aromatic carbocycles. The highest BCUT2D eigenvalue weighted by molar-refractivity contribution is 5.73. The van der Waals surface area contributed by atoms with E-state index in [2.05, 4.69) is 10.6 Å². The Hall–Kier alpha value is -1.26. The van der Waals surface area contributed by atoms with Gasteiger partial charge in [0, 0.05) is 19.5 Å². The van der Waals surface area contributed by atoms with E-state index in [1.54, 1.807) is 0 Å². The minimum Gasteiger partial charge on any atom is -0.481 e. The van der Waals surface area contributed by atoms with Crippen LogP contribution in [0.2, 0.25) is 0 Å². The fourth-order valence-electron chi connectivity index (χ4n) is 2.71. The van der Waals surface area contributed by atoms with Crippen LogP contribution >= 0.6 is 0 Å². The molecular formula is C15H28N2O3. The van der Waals surface area contributed by atoms with E-state index in [1.807, 2.05) is 0 Å². The van der Waals surface area contributed by atoms with Gasteiger partial charge < -0.3 is 15.7 Å². The summed E-state index contributed by atoms with van der Waals surface area (Å²) >= 11 is 0. The average molecular weight is 284 g/mol. The van der Waals surface area contributed by atoms with Gasteiger partial charge >= 0.3 is 12.0 Å². The van der Waals surface area contributed by atoms with Gasteiger partial charge in [0.2, 0.25) is 0 Å². The van der Waals surface area contributed by atoms with Gasteiger partial charge in [-0.05, 0) is 25.2 Å². The van der Waals surface area contributed by atoms with E-state index in [1.165, 1.54) is 25.7 Å². The molecule has 20 heavy (non-hydrogen) atoms. The zero-order chi connectivity index (χ0) is 14.6. The van der Waals surface area contributed by atoms with Crippen molar-refractivity contribution >= 4 is 12.0 Å². The number of amides is 2. The van der Waals surface area contributed by atoms with Gasteiger partial charge in [-0.2, -0.15) is 0 Å². The van der Waals surface area contributed by atoms with Crippen molar-refractivity contribution in [2.24, 2.45) is 5.92 Å². The maximum atomic E-state index is 11.5. The summed E-state index contributed by atoms with van der Waals surface area (Å²) < 4.78 is 0. The molecule has 2 amide bonds. The smallest absolute Gasteiger partial charge is 0.314 e. The molecule has 0 radical (unpaired) electrons. The Labute approximate surface area is 121 Å². The maximum Gasteiger partial charge on any atom is 0.314 e. The number of hydrogen-bond acceptors (Lipinski definition) is 2. The van der Waals surface area contributed by atoms with Crippen molar-refractivity contribution in [2.75, 3.05) is 13.1 Å². The molecule has 1 rings (SSSR count). The molecule has 116 valence electrons. The van der Waals surface area contributed by atoms with Gasteiger partial charge in [0.05, 0.1) is 0 Å². The minimum absolute atomic E-state index is 0.0754. The number of rotatable bonds is 10. The number of carboxylic acid groups (broad SMARTS) is 1. The Morgan fingerprint density at radius 2 is 1.60 bits per heavy atom. The third-order valence-electron chi connectivity index (χ3n) is 3.92. The van der Waals surface area contributed by atoms with E-state index in [-0.39, 0.29) is 12.5 Å². The molecular weight excluding hydrogens is 256 g/mol. The van der Waals surface area contributed by atoms with Gasteiger partial charge in [-0.1, -0.05) is 38.5 Å². The molecule has 0 bridgehead atoms. The summed E-state index contributed by atoms with van der Waals surface area (Å²) in [4.78, 5) is 21.8. The number of hydrogen-bond donors (Lipinski definition) is 3. The second-order valence-corrected chi connectivity index (χ2v) is 5.68. The van der Waals surface area contributed by atoms with Gasteiger partial charge in [0.1, 0.15) is 0 Å². The average Bonchev–Trinajstić information content (AvgIpc) is 2.90. The zero-order valence-electron chi connectivity index (χ0n) is 12.3. The first-order chi connectivity index (χ1) is 9.68. The van der Waals surface area contributed by atoms with Gasteiger partial charge in [0.15, 0.2) is 0 Å². The predicted octanol–water partition coefficient (Wildman–Crippen LogP) is 2.90. The van der Waals surface area contributed by atoms with Crippen LogP contribution in [0.5, 0.6) is 0 Å². The van der Waals surface area contributed by atoms with Crippen molar-refractivity contribution in [2.45, 2.75) is 64.2 Å². The molecule has 0 unspecified atom stereocenters. The van der Waals surface area contributed by atoms with Crippen molar-refractivity contribution in [3.8, 4) is 0 Å². The van der Waals surface area contributed by atoms with E-state index in [0.29, 0.717) is 6.54 Å². The predicted molar refractivity (Wildman–Crippen MR) is 78.7 cm³/mol. The first-order valence-electron chi connectivity index (χ1n) is 7.92. The van der Waals surface area contributed by atoms with E-state index in [4.69, 9.17) is 5.11 Å². The Kier molecular flexibility index (Phi) is 8.83. The minimum atomic E-state index is -0.732. The number of nitrogens with one attached hydrogen (secondary N) is 2. The summed E-state index contributed by atoms with van der Waals surface area (Å²) in [6.45, 7) is 1.44. The van der Waals surface area contributed by atoms with Crippen molar-refractivity contribution in [3.63, 3.8) is 0 Å². The molecule has 1 aliphatic rings. The van der Waals surface area contributed by atoms with E-state index < -0.39 is 5.97 Å². The lowest BCUT2D eigenvalue weighted by Crippen LogP contribution is -2.36. The molecule has 1 aliphatic carbocycles. The molecule has 0 atom stereocenters. The fourth-order valence-corrected chi connectivity index (χ4v) is 2.71. The SMILES string of the molecule is O=C(O)CCCCCCNC(=O)NCCC1CCCC1. The van der Waals surface area contributed by atoms with Crippen molar-refractivity contribution < 1.29 is 14.7 Å². The largest absolute Gasteiger partial charge is 0.481 e. The van der Waals surface area contributed by atoms with E-state index in [0.717, 1.165) is 44.6 Å². The second kappa shape index (κ2) is 10.5. The molecule has 5 nitrogen and oxygen atoms in total. The monoisotopic (exact) mass is 284 g/mol. The van der Waals surface area contributed by atoms with Crippen LogP contribution in [0.15, 0.2) is 0 Å². The number of aliphatic carboxylic acids is 1. The van der Waals surface area contributed by atoms with E-state index in [9.17, 15) is 9.59 Å². The second-order valence-electron chi connectivity index (χ2n) is 5.68. The molecule has 1 saturated carbocycles.